The van der Waals surface area contributed by atoms with Crippen molar-refractivity contribution < 1.29 is 9.84 Å². The van der Waals surface area contributed by atoms with E-state index in [1.807, 2.05) is 0 Å². The summed E-state index contributed by atoms with van der Waals surface area (Å²) < 4.78 is 7.37. The van der Waals surface area contributed by atoms with E-state index in [-0.39, 0.29) is 12.0 Å². The smallest absolute Gasteiger partial charge is 0.158 e. The van der Waals surface area contributed by atoms with Crippen LogP contribution in [0.4, 0.5) is 0 Å². The maximum atomic E-state index is 9.55. The molecule has 0 saturated heterocycles. The second-order valence-corrected chi connectivity index (χ2v) is 7.44. The Hall–Kier alpha value is -0.940. The third-order valence-corrected chi connectivity index (χ3v) is 6.00. The van der Waals surface area contributed by atoms with Crippen LogP contribution >= 0.6 is 0 Å². The molecule has 0 aromatic carbocycles. The highest BCUT2D eigenvalue weighted by atomic mass is 16.5. The fourth-order valence-corrected chi connectivity index (χ4v) is 5.65. The Morgan fingerprint density at radius 2 is 1.76 bits per heavy atom. The molecule has 0 unspecified atom stereocenters. The van der Waals surface area contributed by atoms with E-state index in [9.17, 15) is 5.11 Å². The molecule has 5 nitrogen and oxygen atoms in total. The van der Waals surface area contributed by atoms with Crippen LogP contribution in [0.5, 0.6) is 0 Å². The highest BCUT2D eigenvalue weighted by molar-refractivity contribution is 5.18. The normalized spacial score (nSPS) is 37.3. The monoisotopic (exact) mass is 291 g/mol. The minimum absolute atomic E-state index is 0.0386. The Balaban J connectivity index is 1.71. The molecule has 0 radical (unpaired) electrons. The van der Waals surface area contributed by atoms with E-state index in [0.29, 0.717) is 12.4 Å². The molecule has 4 bridgehead atoms. The van der Waals surface area contributed by atoms with E-state index in [2.05, 4.69) is 14.8 Å². The second kappa shape index (κ2) is 5.06. The van der Waals surface area contributed by atoms with Gasteiger partial charge < -0.3 is 14.4 Å². The van der Waals surface area contributed by atoms with Gasteiger partial charge in [0.25, 0.3) is 0 Å². The summed E-state index contributed by atoms with van der Waals surface area (Å²) in [5, 5.41) is 18.3. The fourth-order valence-electron chi connectivity index (χ4n) is 5.65. The zero-order chi connectivity index (χ0) is 14.4. The lowest BCUT2D eigenvalue weighted by Crippen LogP contribution is -2.50. The first-order valence-corrected chi connectivity index (χ1v) is 8.26. The van der Waals surface area contributed by atoms with Crippen LogP contribution < -0.4 is 0 Å². The van der Waals surface area contributed by atoms with E-state index in [4.69, 9.17) is 4.74 Å². The topological polar surface area (TPSA) is 60.2 Å². The van der Waals surface area contributed by atoms with Crippen LogP contribution in [0.3, 0.4) is 0 Å². The van der Waals surface area contributed by atoms with E-state index in [1.54, 1.807) is 7.11 Å². The first-order chi connectivity index (χ1) is 10.2. The van der Waals surface area contributed by atoms with Crippen molar-refractivity contribution in [3.8, 4) is 0 Å². The van der Waals surface area contributed by atoms with Crippen molar-refractivity contribution in [2.24, 2.45) is 17.8 Å². The first-order valence-electron chi connectivity index (χ1n) is 8.26. The molecule has 5 rings (SSSR count). The van der Waals surface area contributed by atoms with E-state index in [0.717, 1.165) is 30.1 Å². The summed E-state index contributed by atoms with van der Waals surface area (Å²) in [6, 6.07) is 0. The van der Waals surface area contributed by atoms with Crippen molar-refractivity contribution in [2.45, 2.75) is 57.1 Å². The summed E-state index contributed by atoms with van der Waals surface area (Å²) in [6.45, 7) is 1.35. The molecule has 0 atom stereocenters. The van der Waals surface area contributed by atoms with Crippen molar-refractivity contribution in [3.63, 3.8) is 0 Å². The van der Waals surface area contributed by atoms with Gasteiger partial charge in [0.15, 0.2) is 5.82 Å². The van der Waals surface area contributed by atoms with Crippen LogP contribution in [0.2, 0.25) is 0 Å². The Labute approximate surface area is 125 Å². The highest BCUT2D eigenvalue weighted by Crippen LogP contribution is 2.60. The van der Waals surface area contributed by atoms with Crippen molar-refractivity contribution in [3.05, 3.63) is 11.6 Å². The summed E-state index contributed by atoms with van der Waals surface area (Å²) in [5.41, 5.74) is 0.225. The van der Waals surface area contributed by atoms with Gasteiger partial charge in [-0.3, -0.25) is 0 Å². The minimum Gasteiger partial charge on any atom is -0.388 e. The van der Waals surface area contributed by atoms with Crippen LogP contribution in [-0.2, 0) is 23.3 Å². The minimum atomic E-state index is -0.0386. The highest BCUT2D eigenvalue weighted by Gasteiger charge is 2.53. The van der Waals surface area contributed by atoms with Gasteiger partial charge in [-0.1, -0.05) is 0 Å². The molecule has 4 saturated carbocycles. The lowest BCUT2D eigenvalue weighted by Gasteiger charge is -2.56. The summed E-state index contributed by atoms with van der Waals surface area (Å²) in [5.74, 6) is 4.49. The number of methoxy groups -OCH3 is 1. The standard InChI is InChI=1S/C16H25N3O2/c1-21-3-2-19-14(10-20)17-18-15(19)16-7-11-4-12(8-16)6-13(5-11)9-16/h11-13,20H,2-10H2,1H3. The van der Waals surface area contributed by atoms with Gasteiger partial charge in [-0.05, 0) is 56.3 Å². The van der Waals surface area contributed by atoms with Crippen LogP contribution in [-0.4, -0.2) is 33.6 Å². The maximum absolute atomic E-state index is 9.55. The van der Waals surface area contributed by atoms with Crippen molar-refractivity contribution in [2.75, 3.05) is 13.7 Å². The van der Waals surface area contributed by atoms with Crippen LogP contribution in [0, 0.1) is 17.8 Å². The van der Waals surface area contributed by atoms with Crippen LogP contribution in [0.1, 0.15) is 50.2 Å². The van der Waals surface area contributed by atoms with Crippen molar-refractivity contribution >= 4 is 0 Å². The van der Waals surface area contributed by atoms with Gasteiger partial charge in [0, 0.05) is 19.1 Å². The molecule has 0 spiro atoms. The van der Waals surface area contributed by atoms with Gasteiger partial charge in [0.05, 0.1) is 6.61 Å². The number of aromatic nitrogens is 3. The summed E-state index contributed by atoms with van der Waals surface area (Å²) in [7, 11) is 1.72. The molecule has 1 N–H and O–H groups in total. The molecule has 4 aliphatic carbocycles. The van der Waals surface area contributed by atoms with E-state index >= 15 is 0 Å². The van der Waals surface area contributed by atoms with E-state index < -0.39 is 0 Å². The van der Waals surface area contributed by atoms with Crippen LogP contribution in [0.25, 0.3) is 0 Å². The molecule has 1 aromatic rings. The Bertz CT molecular complexity index is 490. The first kappa shape index (κ1) is 13.7. The number of nitrogens with zero attached hydrogens (tertiary/aromatic N) is 3. The lowest BCUT2D eigenvalue weighted by atomic mass is 9.49. The van der Waals surface area contributed by atoms with Gasteiger partial charge >= 0.3 is 0 Å². The van der Waals surface area contributed by atoms with Gasteiger partial charge in [-0.25, -0.2) is 0 Å². The molecule has 1 heterocycles. The van der Waals surface area contributed by atoms with Gasteiger partial charge in [0.1, 0.15) is 12.4 Å². The molecule has 0 amide bonds. The lowest BCUT2D eigenvalue weighted by molar-refractivity contribution is -0.0117. The molecule has 5 heteroatoms. The number of ether oxygens (including phenoxy) is 1. The zero-order valence-electron chi connectivity index (χ0n) is 12.8. The predicted octanol–water partition coefficient (Wildman–Crippen LogP) is 1.88. The Morgan fingerprint density at radius 1 is 1.14 bits per heavy atom. The molecular weight excluding hydrogens is 266 g/mol. The SMILES string of the molecule is COCCn1c(CO)nnc1C12CC3CC(CC(C3)C1)C2. The molecule has 0 aliphatic heterocycles. The number of hydrogen-bond acceptors (Lipinski definition) is 4. The van der Waals surface area contributed by atoms with Gasteiger partial charge in [-0.15, -0.1) is 10.2 Å². The molecule has 4 aliphatic rings. The number of rotatable bonds is 5. The summed E-state index contributed by atoms with van der Waals surface area (Å²) >= 11 is 0. The largest absolute Gasteiger partial charge is 0.388 e. The molecule has 4 fully saturated rings. The molecule has 116 valence electrons. The zero-order valence-corrected chi connectivity index (χ0v) is 12.8. The quantitative estimate of drug-likeness (QED) is 0.900. The number of hydrogen-bond donors (Lipinski definition) is 1. The maximum Gasteiger partial charge on any atom is 0.158 e. The molecular formula is C16H25N3O2. The number of aliphatic hydroxyl groups is 1. The molecule has 21 heavy (non-hydrogen) atoms. The summed E-state index contributed by atoms with van der Waals surface area (Å²) in [4.78, 5) is 0. The fraction of sp³-hybridized carbons (Fsp3) is 0.875. The van der Waals surface area contributed by atoms with Gasteiger partial charge in [0.2, 0.25) is 0 Å². The summed E-state index contributed by atoms with van der Waals surface area (Å²) in [6.07, 6.45) is 8.11. The molecule has 1 aromatic heterocycles. The average molecular weight is 291 g/mol. The Morgan fingerprint density at radius 3 is 2.29 bits per heavy atom. The third kappa shape index (κ3) is 2.13. The number of aliphatic hydroxyl groups excluding tert-OH is 1. The second-order valence-electron chi connectivity index (χ2n) is 7.44. The third-order valence-electron chi connectivity index (χ3n) is 6.00. The average Bonchev–Trinajstić information content (AvgIpc) is 2.87. The van der Waals surface area contributed by atoms with Crippen molar-refractivity contribution in [1.29, 1.82) is 0 Å². The van der Waals surface area contributed by atoms with E-state index in [1.165, 1.54) is 38.5 Å². The Kier molecular flexibility index (Phi) is 3.30. The predicted molar refractivity (Wildman–Crippen MR) is 77.7 cm³/mol. The van der Waals surface area contributed by atoms with Gasteiger partial charge in [-0.2, -0.15) is 0 Å². The van der Waals surface area contributed by atoms with Crippen molar-refractivity contribution in [1.82, 2.24) is 14.8 Å². The van der Waals surface area contributed by atoms with Crippen LogP contribution in [0.15, 0.2) is 0 Å².